The Morgan fingerprint density at radius 1 is 1.62 bits per heavy atom. The molecule has 0 radical (unpaired) electrons. The predicted octanol–water partition coefficient (Wildman–Crippen LogP) is -0.286. The summed E-state index contributed by atoms with van der Waals surface area (Å²) >= 11 is 0. The third kappa shape index (κ3) is 2.56. The molecule has 1 unspecified atom stereocenters. The Balaban J connectivity index is 2.84. The van der Waals surface area contributed by atoms with Crippen LogP contribution in [0.4, 0.5) is 0 Å². The maximum absolute atomic E-state index is 11.2. The lowest BCUT2D eigenvalue weighted by Crippen LogP contribution is -2.28. The highest BCUT2D eigenvalue weighted by Crippen LogP contribution is 2.08. The van der Waals surface area contributed by atoms with E-state index in [-0.39, 0.29) is 6.42 Å². The number of carboxylic acid groups (broad SMARTS) is 1. The van der Waals surface area contributed by atoms with Crippen molar-refractivity contribution in [3.8, 4) is 0 Å². The van der Waals surface area contributed by atoms with E-state index in [2.05, 4.69) is 14.8 Å². The van der Waals surface area contributed by atoms with Gasteiger partial charge in [0, 0.05) is 13.0 Å². The van der Waals surface area contributed by atoms with Crippen LogP contribution < -0.4 is 0 Å². The van der Waals surface area contributed by atoms with Crippen LogP contribution in [0.15, 0.2) is 6.33 Å². The molecule has 88 valence electrons. The van der Waals surface area contributed by atoms with E-state index in [0.29, 0.717) is 12.4 Å². The molecule has 16 heavy (non-hydrogen) atoms. The smallest absolute Gasteiger partial charge is 0.320 e. The molecule has 0 saturated heterocycles. The summed E-state index contributed by atoms with van der Waals surface area (Å²) in [5.74, 6) is -2.78. The number of nitrogens with zero attached hydrogens (tertiary/aromatic N) is 3. The van der Waals surface area contributed by atoms with Gasteiger partial charge in [0.2, 0.25) is 0 Å². The van der Waals surface area contributed by atoms with Crippen LogP contribution in [-0.4, -0.2) is 38.9 Å². The third-order valence-corrected chi connectivity index (χ3v) is 2.17. The summed E-state index contributed by atoms with van der Waals surface area (Å²) < 4.78 is 5.96. The minimum atomic E-state index is -1.24. The van der Waals surface area contributed by atoms with E-state index in [0.717, 1.165) is 7.11 Å². The summed E-state index contributed by atoms with van der Waals surface area (Å²) in [5, 5.41) is 12.8. The first-order valence-corrected chi connectivity index (χ1v) is 4.77. The first kappa shape index (κ1) is 12.2. The number of hydrogen-bond donors (Lipinski definition) is 1. The zero-order chi connectivity index (χ0) is 12.1. The molecule has 1 atom stereocenters. The molecule has 1 rings (SSSR count). The molecule has 0 aliphatic rings. The Kier molecular flexibility index (Phi) is 3.98. The SMILES string of the molecule is CCn1ncnc1CC(C(=O)O)C(=O)OC. The number of aromatic nitrogens is 3. The molecule has 0 spiro atoms. The fraction of sp³-hybridized carbons (Fsp3) is 0.556. The highest BCUT2D eigenvalue weighted by atomic mass is 16.5. The Hall–Kier alpha value is -1.92. The summed E-state index contributed by atoms with van der Waals surface area (Å²) in [6.07, 6.45) is 1.31. The van der Waals surface area contributed by atoms with Gasteiger partial charge in [0.1, 0.15) is 12.2 Å². The maximum atomic E-state index is 11.2. The number of aliphatic carboxylic acids is 1. The standard InChI is InChI=1S/C9H13N3O4/c1-3-12-7(10-5-11-12)4-6(8(13)14)9(15)16-2/h5-6H,3-4H2,1-2H3,(H,13,14). The average Bonchev–Trinajstić information content (AvgIpc) is 2.71. The molecule has 7 heteroatoms. The molecule has 1 N–H and O–H groups in total. The van der Waals surface area contributed by atoms with Crippen LogP contribution in [0.1, 0.15) is 12.7 Å². The highest BCUT2D eigenvalue weighted by molar-refractivity contribution is 5.94. The van der Waals surface area contributed by atoms with Gasteiger partial charge in [-0.15, -0.1) is 0 Å². The number of methoxy groups -OCH3 is 1. The van der Waals surface area contributed by atoms with E-state index in [9.17, 15) is 9.59 Å². The van der Waals surface area contributed by atoms with Crippen LogP contribution in [-0.2, 0) is 27.3 Å². The molecule has 0 fully saturated rings. The number of esters is 1. The van der Waals surface area contributed by atoms with Crippen molar-refractivity contribution in [2.75, 3.05) is 7.11 Å². The van der Waals surface area contributed by atoms with E-state index in [4.69, 9.17) is 5.11 Å². The van der Waals surface area contributed by atoms with Crippen LogP contribution in [0, 0.1) is 5.92 Å². The van der Waals surface area contributed by atoms with Gasteiger partial charge < -0.3 is 9.84 Å². The minimum absolute atomic E-state index is 0.0180. The highest BCUT2D eigenvalue weighted by Gasteiger charge is 2.29. The molecule has 1 aromatic heterocycles. The number of carboxylic acids is 1. The lowest BCUT2D eigenvalue weighted by atomic mass is 10.1. The monoisotopic (exact) mass is 227 g/mol. The van der Waals surface area contributed by atoms with E-state index in [1.807, 2.05) is 6.92 Å². The van der Waals surface area contributed by atoms with Crippen molar-refractivity contribution in [1.82, 2.24) is 14.8 Å². The van der Waals surface area contributed by atoms with Crippen molar-refractivity contribution in [1.29, 1.82) is 0 Å². The maximum Gasteiger partial charge on any atom is 0.320 e. The summed E-state index contributed by atoms with van der Waals surface area (Å²) in [6, 6.07) is 0. The molecule has 7 nitrogen and oxygen atoms in total. The fourth-order valence-electron chi connectivity index (χ4n) is 1.31. The van der Waals surface area contributed by atoms with Gasteiger partial charge in [-0.05, 0) is 6.92 Å². The number of ether oxygens (including phenoxy) is 1. The van der Waals surface area contributed by atoms with Gasteiger partial charge in [-0.2, -0.15) is 5.10 Å². The predicted molar refractivity (Wildman–Crippen MR) is 52.5 cm³/mol. The Labute approximate surface area is 92.0 Å². The lowest BCUT2D eigenvalue weighted by molar-refractivity contribution is -0.156. The van der Waals surface area contributed by atoms with E-state index in [1.54, 1.807) is 4.68 Å². The van der Waals surface area contributed by atoms with Gasteiger partial charge in [-0.3, -0.25) is 14.3 Å². The van der Waals surface area contributed by atoms with E-state index < -0.39 is 17.9 Å². The quantitative estimate of drug-likeness (QED) is 0.549. The summed E-state index contributed by atoms with van der Waals surface area (Å²) in [4.78, 5) is 26.0. The molecular weight excluding hydrogens is 214 g/mol. The van der Waals surface area contributed by atoms with Crippen LogP contribution in [0.5, 0.6) is 0 Å². The molecular formula is C9H13N3O4. The Morgan fingerprint density at radius 3 is 2.81 bits per heavy atom. The molecule has 0 aliphatic heterocycles. The first-order valence-electron chi connectivity index (χ1n) is 4.77. The number of carbonyl (C=O) groups is 2. The lowest BCUT2D eigenvalue weighted by Gasteiger charge is -2.09. The molecule has 0 saturated carbocycles. The van der Waals surface area contributed by atoms with Crippen LogP contribution in [0.3, 0.4) is 0 Å². The molecule has 0 aliphatic carbocycles. The van der Waals surface area contributed by atoms with Crippen molar-refractivity contribution in [2.45, 2.75) is 19.9 Å². The number of carbonyl (C=O) groups excluding carboxylic acids is 1. The summed E-state index contributed by atoms with van der Waals surface area (Å²) in [5.41, 5.74) is 0. The zero-order valence-corrected chi connectivity index (χ0v) is 9.08. The van der Waals surface area contributed by atoms with Crippen molar-refractivity contribution in [2.24, 2.45) is 5.92 Å². The zero-order valence-electron chi connectivity index (χ0n) is 9.08. The molecule has 0 amide bonds. The normalized spacial score (nSPS) is 12.1. The van der Waals surface area contributed by atoms with E-state index in [1.165, 1.54) is 6.33 Å². The van der Waals surface area contributed by atoms with Crippen molar-refractivity contribution >= 4 is 11.9 Å². The van der Waals surface area contributed by atoms with Crippen LogP contribution >= 0.6 is 0 Å². The second-order valence-electron chi connectivity index (χ2n) is 3.11. The second kappa shape index (κ2) is 5.24. The molecule has 1 aromatic rings. The van der Waals surface area contributed by atoms with Crippen LogP contribution in [0.2, 0.25) is 0 Å². The van der Waals surface area contributed by atoms with Gasteiger partial charge in [0.15, 0.2) is 5.92 Å². The van der Waals surface area contributed by atoms with E-state index >= 15 is 0 Å². The molecule has 0 bridgehead atoms. The topological polar surface area (TPSA) is 94.3 Å². The van der Waals surface area contributed by atoms with Crippen LogP contribution in [0.25, 0.3) is 0 Å². The third-order valence-electron chi connectivity index (χ3n) is 2.17. The molecule has 0 aromatic carbocycles. The minimum Gasteiger partial charge on any atom is -0.481 e. The summed E-state index contributed by atoms with van der Waals surface area (Å²) in [6.45, 7) is 2.43. The van der Waals surface area contributed by atoms with Gasteiger partial charge in [-0.25, -0.2) is 4.98 Å². The number of aryl methyl sites for hydroxylation is 1. The Bertz CT molecular complexity index is 388. The second-order valence-corrected chi connectivity index (χ2v) is 3.11. The number of hydrogen-bond acceptors (Lipinski definition) is 5. The van der Waals surface area contributed by atoms with Gasteiger partial charge in [0.05, 0.1) is 7.11 Å². The van der Waals surface area contributed by atoms with Gasteiger partial charge >= 0.3 is 11.9 Å². The fourth-order valence-corrected chi connectivity index (χ4v) is 1.31. The average molecular weight is 227 g/mol. The van der Waals surface area contributed by atoms with Crippen molar-refractivity contribution in [3.05, 3.63) is 12.2 Å². The van der Waals surface area contributed by atoms with Gasteiger partial charge in [0.25, 0.3) is 0 Å². The largest absolute Gasteiger partial charge is 0.481 e. The number of rotatable bonds is 5. The summed E-state index contributed by atoms with van der Waals surface area (Å²) in [7, 11) is 1.16. The molecule has 1 heterocycles. The van der Waals surface area contributed by atoms with Gasteiger partial charge in [-0.1, -0.05) is 0 Å². The Morgan fingerprint density at radius 2 is 2.31 bits per heavy atom. The first-order chi connectivity index (χ1) is 7.60. The van der Waals surface area contributed by atoms with Crippen molar-refractivity contribution < 1.29 is 19.4 Å². The van der Waals surface area contributed by atoms with Crippen molar-refractivity contribution in [3.63, 3.8) is 0 Å².